The van der Waals surface area contributed by atoms with E-state index in [4.69, 9.17) is 9.15 Å². The van der Waals surface area contributed by atoms with E-state index in [0.717, 1.165) is 13.0 Å². The van der Waals surface area contributed by atoms with Crippen LogP contribution in [0.4, 0.5) is 0 Å². The van der Waals surface area contributed by atoms with Gasteiger partial charge in [-0.25, -0.2) is 0 Å². The van der Waals surface area contributed by atoms with Crippen LogP contribution in [-0.2, 0) is 0 Å². The number of fused-ring (bicyclic) bond motifs is 1. The predicted octanol–water partition coefficient (Wildman–Crippen LogP) is 2.12. The molecule has 0 amide bonds. The second-order valence-corrected chi connectivity index (χ2v) is 4.45. The lowest BCUT2D eigenvalue weighted by atomic mass is 10.2. The SMILES string of the molecule is CN(C)CCCOc1ccc2occc(=O)c2c1. The summed E-state index contributed by atoms with van der Waals surface area (Å²) in [4.78, 5) is 13.7. The van der Waals surface area contributed by atoms with Crippen molar-refractivity contribution < 1.29 is 9.15 Å². The Morgan fingerprint density at radius 2 is 2.11 bits per heavy atom. The van der Waals surface area contributed by atoms with Gasteiger partial charge in [-0.05, 0) is 38.7 Å². The van der Waals surface area contributed by atoms with Crippen LogP contribution in [0.25, 0.3) is 11.0 Å². The molecule has 0 radical (unpaired) electrons. The molecule has 0 atom stereocenters. The van der Waals surface area contributed by atoms with Gasteiger partial charge >= 0.3 is 0 Å². The Morgan fingerprint density at radius 1 is 1.28 bits per heavy atom. The summed E-state index contributed by atoms with van der Waals surface area (Å²) >= 11 is 0. The number of benzene rings is 1. The van der Waals surface area contributed by atoms with Gasteiger partial charge in [0.05, 0.1) is 18.3 Å². The van der Waals surface area contributed by atoms with Gasteiger partial charge in [-0.3, -0.25) is 4.79 Å². The molecular weight excluding hydrogens is 230 g/mol. The van der Waals surface area contributed by atoms with Crippen molar-refractivity contribution in [3.63, 3.8) is 0 Å². The van der Waals surface area contributed by atoms with Gasteiger partial charge in [-0.2, -0.15) is 0 Å². The summed E-state index contributed by atoms with van der Waals surface area (Å²) in [5, 5.41) is 0.558. The average Bonchev–Trinajstić information content (AvgIpc) is 2.35. The third-order valence-corrected chi connectivity index (χ3v) is 2.65. The van der Waals surface area contributed by atoms with Gasteiger partial charge in [0.15, 0.2) is 5.43 Å². The second kappa shape index (κ2) is 5.69. The molecule has 0 saturated heterocycles. The van der Waals surface area contributed by atoms with Crippen LogP contribution >= 0.6 is 0 Å². The summed E-state index contributed by atoms with van der Waals surface area (Å²) in [5.74, 6) is 0.708. The maximum Gasteiger partial charge on any atom is 0.192 e. The van der Waals surface area contributed by atoms with Crippen LogP contribution in [0.15, 0.2) is 39.7 Å². The molecule has 0 unspecified atom stereocenters. The van der Waals surface area contributed by atoms with Crippen LogP contribution in [0, 0.1) is 0 Å². The molecule has 96 valence electrons. The fraction of sp³-hybridized carbons (Fsp3) is 0.357. The fourth-order valence-corrected chi connectivity index (χ4v) is 1.72. The lowest BCUT2D eigenvalue weighted by molar-refractivity contribution is 0.282. The first-order valence-corrected chi connectivity index (χ1v) is 5.96. The Kier molecular flexibility index (Phi) is 3.99. The molecule has 4 nitrogen and oxygen atoms in total. The van der Waals surface area contributed by atoms with E-state index in [0.29, 0.717) is 23.3 Å². The maximum absolute atomic E-state index is 11.6. The molecule has 0 bridgehead atoms. The van der Waals surface area contributed by atoms with Crippen molar-refractivity contribution >= 4 is 11.0 Å². The van der Waals surface area contributed by atoms with Crippen LogP contribution in [0.3, 0.4) is 0 Å². The minimum absolute atomic E-state index is 0.0463. The van der Waals surface area contributed by atoms with Crippen LogP contribution < -0.4 is 10.2 Å². The topological polar surface area (TPSA) is 42.7 Å². The predicted molar refractivity (Wildman–Crippen MR) is 71.2 cm³/mol. The number of ether oxygens (including phenoxy) is 1. The van der Waals surface area contributed by atoms with E-state index >= 15 is 0 Å². The molecule has 1 aromatic heterocycles. The molecule has 4 heteroatoms. The highest BCUT2D eigenvalue weighted by Crippen LogP contribution is 2.18. The van der Waals surface area contributed by atoms with E-state index in [2.05, 4.69) is 4.90 Å². The maximum atomic E-state index is 11.6. The molecule has 0 saturated carbocycles. The average molecular weight is 247 g/mol. The number of nitrogens with zero attached hydrogens (tertiary/aromatic N) is 1. The highest BCUT2D eigenvalue weighted by molar-refractivity contribution is 5.77. The standard InChI is InChI=1S/C14H17NO3/c1-15(2)7-3-8-17-11-4-5-14-12(10-11)13(16)6-9-18-14/h4-6,9-10H,3,7-8H2,1-2H3. The van der Waals surface area contributed by atoms with Gasteiger partial charge in [0.1, 0.15) is 11.3 Å². The summed E-state index contributed by atoms with van der Waals surface area (Å²) in [6, 6.07) is 6.73. The van der Waals surface area contributed by atoms with Crippen molar-refractivity contribution in [1.82, 2.24) is 4.90 Å². The summed E-state index contributed by atoms with van der Waals surface area (Å²) < 4.78 is 10.9. The smallest absolute Gasteiger partial charge is 0.192 e. The molecule has 18 heavy (non-hydrogen) atoms. The Balaban J connectivity index is 2.06. The lowest BCUT2D eigenvalue weighted by Gasteiger charge is -2.10. The first-order valence-electron chi connectivity index (χ1n) is 5.96. The van der Waals surface area contributed by atoms with Crippen molar-refractivity contribution in [3.05, 3.63) is 40.8 Å². The molecule has 1 aromatic carbocycles. The zero-order valence-corrected chi connectivity index (χ0v) is 10.7. The van der Waals surface area contributed by atoms with Crippen LogP contribution in [-0.4, -0.2) is 32.1 Å². The van der Waals surface area contributed by atoms with Gasteiger partial charge < -0.3 is 14.1 Å². The van der Waals surface area contributed by atoms with E-state index in [9.17, 15) is 4.79 Å². The molecular formula is C14H17NO3. The van der Waals surface area contributed by atoms with Crippen LogP contribution in [0.2, 0.25) is 0 Å². The zero-order valence-electron chi connectivity index (χ0n) is 10.7. The second-order valence-electron chi connectivity index (χ2n) is 4.45. The minimum atomic E-state index is -0.0463. The Labute approximate surface area is 106 Å². The van der Waals surface area contributed by atoms with Gasteiger partial charge in [0.25, 0.3) is 0 Å². The van der Waals surface area contributed by atoms with Crippen molar-refractivity contribution in [1.29, 1.82) is 0 Å². The lowest BCUT2D eigenvalue weighted by Crippen LogP contribution is -2.15. The molecule has 0 aliphatic heterocycles. The minimum Gasteiger partial charge on any atom is -0.494 e. The van der Waals surface area contributed by atoms with Crippen molar-refractivity contribution in [2.75, 3.05) is 27.2 Å². The first-order chi connectivity index (χ1) is 8.66. The molecule has 2 aromatic rings. The molecule has 1 heterocycles. The number of hydrogen-bond donors (Lipinski definition) is 0. The summed E-state index contributed by atoms with van der Waals surface area (Å²) in [7, 11) is 4.06. The highest BCUT2D eigenvalue weighted by atomic mass is 16.5. The van der Waals surface area contributed by atoms with Gasteiger partial charge in [-0.15, -0.1) is 0 Å². The molecule has 0 spiro atoms. The van der Waals surface area contributed by atoms with E-state index in [1.54, 1.807) is 12.1 Å². The Bertz CT molecular complexity index is 575. The summed E-state index contributed by atoms with van der Waals surface area (Å²) in [5.41, 5.74) is 0.540. The normalized spacial score (nSPS) is 11.1. The number of hydrogen-bond acceptors (Lipinski definition) is 4. The van der Waals surface area contributed by atoms with Gasteiger partial charge in [-0.1, -0.05) is 0 Å². The van der Waals surface area contributed by atoms with Crippen LogP contribution in [0.5, 0.6) is 5.75 Å². The molecule has 2 rings (SSSR count). The quantitative estimate of drug-likeness (QED) is 0.759. The van der Waals surface area contributed by atoms with E-state index < -0.39 is 0 Å². The van der Waals surface area contributed by atoms with Crippen molar-refractivity contribution in [3.8, 4) is 5.75 Å². The van der Waals surface area contributed by atoms with Crippen molar-refractivity contribution in [2.45, 2.75) is 6.42 Å². The summed E-state index contributed by atoms with van der Waals surface area (Å²) in [6.45, 7) is 1.62. The third-order valence-electron chi connectivity index (χ3n) is 2.65. The van der Waals surface area contributed by atoms with Crippen LogP contribution in [0.1, 0.15) is 6.42 Å². The Morgan fingerprint density at radius 3 is 2.89 bits per heavy atom. The molecule has 0 aliphatic carbocycles. The van der Waals surface area contributed by atoms with E-state index in [1.807, 2.05) is 20.2 Å². The molecule has 0 fully saturated rings. The fourth-order valence-electron chi connectivity index (χ4n) is 1.72. The largest absolute Gasteiger partial charge is 0.494 e. The third kappa shape index (κ3) is 3.11. The number of rotatable bonds is 5. The van der Waals surface area contributed by atoms with Crippen molar-refractivity contribution in [2.24, 2.45) is 0 Å². The van der Waals surface area contributed by atoms with E-state index in [-0.39, 0.29) is 5.43 Å². The van der Waals surface area contributed by atoms with Gasteiger partial charge in [0.2, 0.25) is 0 Å². The van der Waals surface area contributed by atoms with E-state index in [1.165, 1.54) is 12.3 Å². The molecule has 0 N–H and O–H groups in total. The van der Waals surface area contributed by atoms with Gasteiger partial charge in [0, 0.05) is 12.6 Å². The summed E-state index contributed by atoms with van der Waals surface area (Å²) in [6.07, 6.45) is 2.36. The highest BCUT2D eigenvalue weighted by Gasteiger charge is 2.02. The first kappa shape index (κ1) is 12.6. The zero-order chi connectivity index (χ0) is 13.0. The monoisotopic (exact) mass is 247 g/mol. The Hall–Kier alpha value is -1.81. The molecule has 0 aliphatic rings.